The average Bonchev–Trinajstić information content (AvgIpc) is 2.57. The van der Waals surface area contributed by atoms with Crippen LogP contribution in [-0.4, -0.2) is 23.2 Å². The molecule has 0 atom stereocenters. The van der Waals surface area contributed by atoms with Gasteiger partial charge in [0.2, 0.25) is 0 Å². The topological polar surface area (TPSA) is 103 Å². The highest BCUT2D eigenvalue weighted by atomic mass is 32.2. The van der Waals surface area contributed by atoms with Crippen molar-refractivity contribution in [2.75, 3.05) is 10.5 Å². The summed E-state index contributed by atoms with van der Waals surface area (Å²) >= 11 is 0. The number of sulfonamides is 1. The van der Waals surface area contributed by atoms with Crippen LogP contribution in [0.1, 0.15) is 5.69 Å². The number of hydrogen-bond donors (Lipinski definition) is 2. The van der Waals surface area contributed by atoms with E-state index in [0.717, 1.165) is 5.69 Å². The second kappa shape index (κ2) is 4.30. The number of nitrogens with two attached hydrogens (primary N) is 1. The molecule has 0 fully saturated rings. The van der Waals surface area contributed by atoms with Gasteiger partial charge in [0.15, 0.2) is 0 Å². The summed E-state index contributed by atoms with van der Waals surface area (Å²) in [5.41, 5.74) is 6.14. The van der Waals surface area contributed by atoms with E-state index in [1.807, 2.05) is 0 Å². The molecule has 2 heterocycles. The molecule has 0 aliphatic rings. The first kappa shape index (κ1) is 12.4. The second-order valence-corrected chi connectivity index (χ2v) is 5.50. The molecule has 0 amide bonds. The monoisotopic (exact) mass is 267 g/mol. The van der Waals surface area contributed by atoms with E-state index in [0.29, 0.717) is 5.82 Å². The molecule has 0 aliphatic heterocycles. The molecule has 96 valence electrons. The summed E-state index contributed by atoms with van der Waals surface area (Å²) in [6.07, 6.45) is 1.21. The van der Waals surface area contributed by atoms with E-state index in [2.05, 4.69) is 14.8 Å². The molecular weight excluding hydrogens is 254 g/mol. The Kier molecular flexibility index (Phi) is 2.95. The molecular formula is C10H13N5O2S. The van der Waals surface area contributed by atoms with E-state index in [-0.39, 0.29) is 10.7 Å². The zero-order valence-corrected chi connectivity index (χ0v) is 10.8. The Labute approximate surface area is 105 Å². The predicted octanol–water partition coefficient (Wildman–Crippen LogP) is 0.507. The van der Waals surface area contributed by atoms with Crippen molar-refractivity contribution >= 4 is 21.7 Å². The van der Waals surface area contributed by atoms with Crippen molar-refractivity contribution in [1.29, 1.82) is 0 Å². The Morgan fingerprint density at radius 2 is 2.11 bits per heavy atom. The summed E-state index contributed by atoms with van der Waals surface area (Å²) in [6.45, 7) is 1.78. The van der Waals surface area contributed by atoms with Gasteiger partial charge in [0.25, 0.3) is 10.0 Å². The minimum atomic E-state index is -3.67. The third-order valence-corrected chi connectivity index (χ3v) is 3.65. The first-order valence-electron chi connectivity index (χ1n) is 5.13. The molecule has 2 aromatic rings. The standard InChI is InChI=1S/C10H13N5O2S/c1-7-5-10(15(2)13-7)14-18(16,17)8-3-4-9(11)12-6-8/h3-6,14H,1-2H3,(H2,11,12). The number of anilines is 2. The number of pyridine rings is 1. The van der Waals surface area contributed by atoms with Crippen molar-refractivity contribution in [3.05, 3.63) is 30.1 Å². The quantitative estimate of drug-likeness (QED) is 0.843. The zero-order chi connectivity index (χ0) is 13.3. The molecule has 0 radical (unpaired) electrons. The van der Waals surface area contributed by atoms with Crippen LogP contribution in [0, 0.1) is 6.92 Å². The maximum absolute atomic E-state index is 12.0. The third kappa shape index (κ3) is 2.43. The van der Waals surface area contributed by atoms with Gasteiger partial charge in [0.1, 0.15) is 16.5 Å². The van der Waals surface area contributed by atoms with Gasteiger partial charge in [-0.1, -0.05) is 0 Å². The van der Waals surface area contributed by atoms with E-state index >= 15 is 0 Å². The molecule has 2 rings (SSSR count). The lowest BCUT2D eigenvalue weighted by molar-refractivity contribution is 0.600. The summed E-state index contributed by atoms with van der Waals surface area (Å²) in [7, 11) is -2.01. The minimum absolute atomic E-state index is 0.0514. The van der Waals surface area contributed by atoms with Crippen LogP contribution >= 0.6 is 0 Å². The van der Waals surface area contributed by atoms with Gasteiger partial charge < -0.3 is 5.73 Å². The predicted molar refractivity (Wildman–Crippen MR) is 67.4 cm³/mol. The maximum atomic E-state index is 12.0. The highest BCUT2D eigenvalue weighted by Crippen LogP contribution is 2.16. The average molecular weight is 267 g/mol. The van der Waals surface area contributed by atoms with Gasteiger partial charge in [0.05, 0.1) is 5.69 Å². The number of aryl methyl sites for hydroxylation is 2. The smallest absolute Gasteiger partial charge is 0.264 e. The van der Waals surface area contributed by atoms with Gasteiger partial charge in [-0.3, -0.25) is 9.40 Å². The van der Waals surface area contributed by atoms with Gasteiger partial charge in [-0.2, -0.15) is 5.10 Å². The van der Waals surface area contributed by atoms with Crippen LogP contribution in [0.3, 0.4) is 0 Å². The van der Waals surface area contributed by atoms with Crippen molar-refractivity contribution in [3.8, 4) is 0 Å². The molecule has 7 nitrogen and oxygen atoms in total. The summed E-state index contributed by atoms with van der Waals surface area (Å²) in [6, 6.07) is 4.47. The Hall–Kier alpha value is -2.09. The van der Waals surface area contributed by atoms with Crippen molar-refractivity contribution in [2.24, 2.45) is 7.05 Å². The van der Waals surface area contributed by atoms with Crippen molar-refractivity contribution < 1.29 is 8.42 Å². The number of hydrogen-bond acceptors (Lipinski definition) is 5. The highest BCUT2D eigenvalue weighted by molar-refractivity contribution is 7.92. The lowest BCUT2D eigenvalue weighted by Gasteiger charge is -2.07. The SMILES string of the molecule is Cc1cc(NS(=O)(=O)c2ccc(N)nc2)n(C)n1. The van der Waals surface area contributed by atoms with Crippen LogP contribution in [0.5, 0.6) is 0 Å². The zero-order valence-electron chi connectivity index (χ0n) is 9.95. The fourth-order valence-electron chi connectivity index (χ4n) is 1.45. The molecule has 0 unspecified atom stereocenters. The number of aromatic nitrogens is 3. The van der Waals surface area contributed by atoms with E-state index < -0.39 is 10.0 Å². The molecule has 0 saturated carbocycles. The lowest BCUT2D eigenvalue weighted by Crippen LogP contribution is -2.15. The Morgan fingerprint density at radius 3 is 2.61 bits per heavy atom. The summed E-state index contributed by atoms with van der Waals surface area (Å²) in [5.74, 6) is 0.662. The van der Waals surface area contributed by atoms with Crippen molar-refractivity contribution in [3.63, 3.8) is 0 Å². The number of rotatable bonds is 3. The number of nitrogens with one attached hydrogen (secondary N) is 1. The van der Waals surface area contributed by atoms with Crippen LogP contribution in [0.4, 0.5) is 11.6 Å². The largest absolute Gasteiger partial charge is 0.384 e. The highest BCUT2D eigenvalue weighted by Gasteiger charge is 2.16. The van der Waals surface area contributed by atoms with Crippen LogP contribution in [-0.2, 0) is 17.1 Å². The molecule has 0 bridgehead atoms. The lowest BCUT2D eigenvalue weighted by atomic mass is 10.5. The molecule has 2 aromatic heterocycles. The van der Waals surface area contributed by atoms with Crippen molar-refractivity contribution in [2.45, 2.75) is 11.8 Å². The molecule has 0 saturated heterocycles. The molecule has 3 N–H and O–H groups in total. The van der Waals surface area contributed by atoms with Gasteiger partial charge in [-0.05, 0) is 19.1 Å². The second-order valence-electron chi connectivity index (χ2n) is 3.82. The van der Waals surface area contributed by atoms with Gasteiger partial charge >= 0.3 is 0 Å². The first-order chi connectivity index (χ1) is 8.38. The number of nitrogen functional groups attached to an aromatic ring is 1. The Bertz CT molecular complexity index is 660. The van der Waals surface area contributed by atoms with Crippen LogP contribution in [0.25, 0.3) is 0 Å². The Balaban J connectivity index is 2.33. The first-order valence-corrected chi connectivity index (χ1v) is 6.62. The van der Waals surface area contributed by atoms with E-state index in [1.165, 1.54) is 23.0 Å². The van der Waals surface area contributed by atoms with Gasteiger partial charge in [0, 0.05) is 19.3 Å². The van der Waals surface area contributed by atoms with E-state index in [9.17, 15) is 8.42 Å². The third-order valence-electron chi connectivity index (χ3n) is 2.31. The summed E-state index contributed by atoms with van der Waals surface area (Å²) in [4.78, 5) is 3.80. The molecule has 8 heteroatoms. The molecule has 18 heavy (non-hydrogen) atoms. The Morgan fingerprint density at radius 1 is 1.39 bits per heavy atom. The molecule has 0 spiro atoms. The fourth-order valence-corrected chi connectivity index (χ4v) is 2.48. The summed E-state index contributed by atoms with van der Waals surface area (Å²) in [5, 5.41) is 4.06. The van der Waals surface area contributed by atoms with Gasteiger partial charge in [-0.15, -0.1) is 0 Å². The van der Waals surface area contributed by atoms with E-state index in [4.69, 9.17) is 5.73 Å². The van der Waals surface area contributed by atoms with Crippen LogP contribution < -0.4 is 10.5 Å². The summed E-state index contributed by atoms with van der Waals surface area (Å²) < 4.78 is 28.0. The molecule has 0 aliphatic carbocycles. The van der Waals surface area contributed by atoms with Crippen molar-refractivity contribution in [1.82, 2.24) is 14.8 Å². The minimum Gasteiger partial charge on any atom is -0.384 e. The normalized spacial score (nSPS) is 11.4. The molecule has 0 aromatic carbocycles. The van der Waals surface area contributed by atoms with E-state index in [1.54, 1.807) is 20.0 Å². The van der Waals surface area contributed by atoms with Crippen LogP contribution in [0.15, 0.2) is 29.3 Å². The fraction of sp³-hybridized carbons (Fsp3) is 0.200. The van der Waals surface area contributed by atoms with Gasteiger partial charge in [-0.25, -0.2) is 13.4 Å². The maximum Gasteiger partial charge on any atom is 0.264 e. The number of nitrogens with zero attached hydrogens (tertiary/aromatic N) is 3. The van der Waals surface area contributed by atoms with Crippen LogP contribution in [0.2, 0.25) is 0 Å².